The fourth-order valence-electron chi connectivity index (χ4n) is 1.58. The van der Waals surface area contributed by atoms with Gasteiger partial charge in [-0.2, -0.15) is 11.8 Å². The van der Waals surface area contributed by atoms with Gasteiger partial charge in [-0.1, -0.05) is 0 Å². The molecular formula is C9H20N2S. The first-order valence-corrected chi connectivity index (χ1v) is 6.18. The number of thioether (sulfide) groups is 1. The lowest BCUT2D eigenvalue weighted by molar-refractivity contribution is 0.458. The van der Waals surface area contributed by atoms with Gasteiger partial charge in [0.15, 0.2) is 0 Å². The van der Waals surface area contributed by atoms with E-state index in [9.17, 15) is 0 Å². The average Bonchev–Trinajstić information content (AvgIpc) is 2.53. The van der Waals surface area contributed by atoms with Gasteiger partial charge in [0.1, 0.15) is 0 Å². The van der Waals surface area contributed by atoms with Gasteiger partial charge in [-0.25, -0.2) is 0 Å². The minimum atomic E-state index is 0.683. The third-order valence-electron chi connectivity index (χ3n) is 2.34. The lowest BCUT2D eigenvalue weighted by atomic mass is 10.2. The van der Waals surface area contributed by atoms with E-state index in [4.69, 9.17) is 0 Å². The Bertz CT molecular complexity index is 113. The summed E-state index contributed by atoms with van der Waals surface area (Å²) in [5, 5.41) is 7.00. The van der Waals surface area contributed by atoms with E-state index in [1.54, 1.807) is 0 Å². The van der Waals surface area contributed by atoms with Crippen LogP contribution in [0.15, 0.2) is 0 Å². The van der Waals surface area contributed by atoms with Crippen molar-refractivity contribution in [3.63, 3.8) is 0 Å². The quantitative estimate of drug-likeness (QED) is 0.675. The third-order valence-corrected chi connectivity index (χ3v) is 2.98. The zero-order valence-corrected chi connectivity index (χ0v) is 8.91. The fraction of sp³-hybridized carbons (Fsp3) is 1.00. The Balaban J connectivity index is 2.03. The first kappa shape index (κ1) is 10.4. The summed E-state index contributed by atoms with van der Waals surface area (Å²) in [5.41, 5.74) is 0. The van der Waals surface area contributed by atoms with E-state index >= 15 is 0 Å². The smallest absolute Gasteiger partial charge is 0.0207 e. The normalized spacial score (nSPS) is 26.0. The minimum Gasteiger partial charge on any atom is -0.315 e. The molecule has 1 heterocycles. The Hall–Kier alpha value is 0.270. The SMILES string of the molecule is CSCCC(C)NC1CCNC1. The predicted octanol–water partition coefficient (Wildman–Crippen LogP) is 1.08. The summed E-state index contributed by atoms with van der Waals surface area (Å²) in [6.45, 7) is 4.63. The standard InChI is InChI=1S/C9H20N2S/c1-8(4-6-12-2)11-9-3-5-10-7-9/h8-11H,3-7H2,1-2H3. The molecule has 0 saturated carbocycles. The maximum absolute atomic E-state index is 3.64. The van der Waals surface area contributed by atoms with Crippen molar-refractivity contribution in [3.8, 4) is 0 Å². The zero-order valence-electron chi connectivity index (χ0n) is 8.10. The molecule has 0 aromatic heterocycles. The highest BCUT2D eigenvalue weighted by molar-refractivity contribution is 7.98. The second kappa shape index (κ2) is 5.84. The molecule has 3 heteroatoms. The van der Waals surface area contributed by atoms with Gasteiger partial charge in [0.2, 0.25) is 0 Å². The molecular weight excluding hydrogens is 168 g/mol. The van der Waals surface area contributed by atoms with Crippen molar-refractivity contribution in [1.29, 1.82) is 0 Å². The van der Waals surface area contributed by atoms with Crippen molar-refractivity contribution in [2.75, 3.05) is 25.1 Å². The van der Waals surface area contributed by atoms with Crippen molar-refractivity contribution >= 4 is 11.8 Å². The molecule has 12 heavy (non-hydrogen) atoms. The van der Waals surface area contributed by atoms with Crippen molar-refractivity contribution in [1.82, 2.24) is 10.6 Å². The van der Waals surface area contributed by atoms with Gasteiger partial charge in [-0.3, -0.25) is 0 Å². The monoisotopic (exact) mass is 188 g/mol. The molecule has 2 nitrogen and oxygen atoms in total. The molecule has 0 spiro atoms. The molecule has 0 radical (unpaired) electrons. The van der Waals surface area contributed by atoms with Crippen molar-refractivity contribution < 1.29 is 0 Å². The second-order valence-corrected chi connectivity index (χ2v) is 4.52. The molecule has 2 unspecified atom stereocenters. The molecule has 72 valence electrons. The highest BCUT2D eigenvalue weighted by atomic mass is 32.2. The molecule has 1 aliphatic heterocycles. The van der Waals surface area contributed by atoms with E-state index in [1.165, 1.54) is 25.1 Å². The minimum absolute atomic E-state index is 0.683. The van der Waals surface area contributed by atoms with Crippen LogP contribution in [0.4, 0.5) is 0 Å². The summed E-state index contributed by atoms with van der Waals surface area (Å²) in [5.74, 6) is 1.27. The van der Waals surface area contributed by atoms with Crippen LogP contribution in [-0.2, 0) is 0 Å². The third kappa shape index (κ3) is 3.78. The van der Waals surface area contributed by atoms with E-state index in [2.05, 4.69) is 23.8 Å². The van der Waals surface area contributed by atoms with Crippen molar-refractivity contribution in [3.05, 3.63) is 0 Å². The van der Waals surface area contributed by atoms with Crippen LogP contribution in [0.5, 0.6) is 0 Å². The topological polar surface area (TPSA) is 24.1 Å². The Kier molecular flexibility index (Phi) is 5.04. The summed E-state index contributed by atoms with van der Waals surface area (Å²) in [7, 11) is 0. The number of hydrogen-bond donors (Lipinski definition) is 2. The van der Waals surface area contributed by atoms with Crippen LogP contribution in [0.3, 0.4) is 0 Å². The molecule has 1 rings (SSSR count). The van der Waals surface area contributed by atoms with Crippen LogP contribution in [0.25, 0.3) is 0 Å². The molecule has 0 aromatic carbocycles. The first-order valence-electron chi connectivity index (χ1n) is 4.78. The summed E-state index contributed by atoms with van der Waals surface area (Å²) in [4.78, 5) is 0. The van der Waals surface area contributed by atoms with E-state index in [-0.39, 0.29) is 0 Å². The lowest BCUT2D eigenvalue weighted by Gasteiger charge is -2.17. The van der Waals surface area contributed by atoms with Crippen LogP contribution in [0.1, 0.15) is 19.8 Å². The lowest BCUT2D eigenvalue weighted by Crippen LogP contribution is -2.38. The second-order valence-electron chi connectivity index (χ2n) is 3.54. The van der Waals surface area contributed by atoms with Gasteiger partial charge in [0, 0.05) is 18.6 Å². The van der Waals surface area contributed by atoms with Gasteiger partial charge < -0.3 is 10.6 Å². The summed E-state index contributed by atoms with van der Waals surface area (Å²) < 4.78 is 0. The molecule has 2 atom stereocenters. The van der Waals surface area contributed by atoms with E-state index < -0.39 is 0 Å². The number of nitrogens with one attached hydrogen (secondary N) is 2. The van der Waals surface area contributed by atoms with E-state index in [0.29, 0.717) is 6.04 Å². The Labute approximate surface area is 79.9 Å². The van der Waals surface area contributed by atoms with Gasteiger partial charge in [-0.15, -0.1) is 0 Å². The molecule has 0 amide bonds. The highest BCUT2D eigenvalue weighted by Gasteiger charge is 2.15. The molecule has 1 fully saturated rings. The molecule has 1 aliphatic rings. The first-order chi connectivity index (χ1) is 5.83. The van der Waals surface area contributed by atoms with Crippen molar-refractivity contribution in [2.24, 2.45) is 0 Å². The maximum atomic E-state index is 3.64. The van der Waals surface area contributed by atoms with Crippen LogP contribution in [-0.4, -0.2) is 37.2 Å². The van der Waals surface area contributed by atoms with Gasteiger partial charge in [-0.05, 0) is 38.3 Å². The molecule has 0 aromatic rings. The maximum Gasteiger partial charge on any atom is 0.0207 e. The number of hydrogen-bond acceptors (Lipinski definition) is 3. The van der Waals surface area contributed by atoms with Gasteiger partial charge in [0.05, 0.1) is 0 Å². The highest BCUT2D eigenvalue weighted by Crippen LogP contribution is 2.03. The average molecular weight is 188 g/mol. The summed E-state index contributed by atoms with van der Waals surface area (Å²) >= 11 is 1.93. The van der Waals surface area contributed by atoms with Gasteiger partial charge >= 0.3 is 0 Å². The largest absolute Gasteiger partial charge is 0.315 e. The van der Waals surface area contributed by atoms with E-state index in [1.807, 2.05) is 11.8 Å². The molecule has 2 N–H and O–H groups in total. The Morgan fingerprint density at radius 1 is 1.67 bits per heavy atom. The molecule has 1 saturated heterocycles. The van der Waals surface area contributed by atoms with E-state index in [0.717, 1.165) is 12.6 Å². The predicted molar refractivity (Wildman–Crippen MR) is 56.9 cm³/mol. The van der Waals surface area contributed by atoms with Crippen LogP contribution in [0.2, 0.25) is 0 Å². The van der Waals surface area contributed by atoms with Crippen LogP contribution < -0.4 is 10.6 Å². The van der Waals surface area contributed by atoms with Gasteiger partial charge in [0.25, 0.3) is 0 Å². The zero-order chi connectivity index (χ0) is 8.81. The Morgan fingerprint density at radius 2 is 2.50 bits per heavy atom. The van der Waals surface area contributed by atoms with Crippen molar-refractivity contribution in [2.45, 2.75) is 31.8 Å². The fourth-order valence-corrected chi connectivity index (χ4v) is 2.17. The van der Waals surface area contributed by atoms with Crippen LogP contribution >= 0.6 is 11.8 Å². The number of rotatable bonds is 5. The summed E-state index contributed by atoms with van der Waals surface area (Å²) in [6, 6.07) is 1.41. The Morgan fingerprint density at radius 3 is 3.08 bits per heavy atom. The molecule has 0 bridgehead atoms. The van der Waals surface area contributed by atoms with Crippen LogP contribution in [0, 0.1) is 0 Å². The summed E-state index contributed by atoms with van der Waals surface area (Å²) in [6.07, 6.45) is 4.76. The molecule has 0 aliphatic carbocycles.